The van der Waals surface area contributed by atoms with Gasteiger partial charge in [-0.15, -0.1) is 0 Å². The minimum Gasteiger partial charge on any atom is -0.481 e. The number of nitrogens with zero attached hydrogens (tertiary/aromatic N) is 2. The molecule has 1 N–H and O–H groups in total. The largest absolute Gasteiger partial charge is 0.481 e. The van der Waals surface area contributed by atoms with Crippen LogP contribution in [0.4, 0.5) is 0 Å². The van der Waals surface area contributed by atoms with Crippen LogP contribution in [0.2, 0.25) is 0 Å². The lowest BCUT2D eigenvalue weighted by Gasteiger charge is -2.05. The molecule has 0 bridgehead atoms. The number of aliphatic carboxylic acids is 1. The number of fused-ring (bicyclic) bond motifs is 1. The molecule has 0 radical (unpaired) electrons. The Morgan fingerprint density at radius 1 is 1.35 bits per heavy atom. The van der Waals surface area contributed by atoms with Crippen molar-refractivity contribution >= 4 is 16.9 Å². The molecule has 0 aliphatic rings. The fourth-order valence-corrected chi connectivity index (χ4v) is 1.73. The molecule has 1 aromatic carbocycles. The predicted molar refractivity (Wildman–Crippen MR) is 66.2 cm³/mol. The molecule has 0 amide bonds. The summed E-state index contributed by atoms with van der Waals surface area (Å²) in [6.07, 6.45) is 1.98. The van der Waals surface area contributed by atoms with Crippen LogP contribution in [0.25, 0.3) is 10.9 Å². The number of carboxylic acids is 1. The van der Waals surface area contributed by atoms with E-state index < -0.39 is 11.9 Å². The maximum atomic E-state index is 10.9. The van der Waals surface area contributed by atoms with Gasteiger partial charge in [-0.3, -0.25) is 9.48 Å². The first-order valence-electron chi connectivity index (χ1n) is 5.70. The van der Waals surface area contributed by atoms with E-state index in [0.717, 1.165) is 16.5 Å². The number of hydrogen-bond donors (Lipinski definition) is 1. The summed E-state index contributed by atoms with van der Waals surface area (Å²) in [4.78, 5) is 10.9. The first-order chi connectivity index (χ1) is 7.99. The van der Waals surface area contributed by atoms with Gasteiger partial charge in [0, 0.05) is 17.6 Å². The molecule has 0 fully saturated rings. The van der Waals surface area contributed by atoms with Crippen LogP contribution in [0.5, 0.6) is 0 Å². The van der Waals surface area contributed by atoms with E-state index in [2.05, 4.69) is 18.9 Å². The smallest absolute Gasteiger partial charge is 0.310 e. The fraction of sp³-hybridized carbons (Fsp3) is 0.385. The van der Waals surface area contributed by atoms with Crippen LogP contribution in [0, 0.1) is 0 Å². The van der Waals surface area contributed by atoms with Crippen molar-refractivity contribution < 1.29 is 9.90 Å². The Hall–Kier alpha value is -1.84. The summed E-state index contributed by atoms with van der Waals surface area (Å²) in [7, 11) is 0. The lowest BCUT2D eigenvalue weighted by molar-refractivity contribution is -0.138. The molecule has 2 rings (SSSR count). The molecule has 0 saturated carbocycles. The van der Waals surface area contributed by atoms with E-state index in [1.807, 2.05) is 29.1 Å². The van der Waals surface area contributed by atoms with Crippen molar-refractivity contribution in [2.75, 3.05) is 0 Å². The van der Waals surface area contributed by atoms with Crippen LogP contribution < -0.4 is 0 Å². The number of carboxylic acid groups (broad SMARTS) is 1. The number of benzene rings is 1. The first kappa shape index (κ1) is 11.6. The Labute approximate surface area is 99.9 Å². The third-order valence-corrected chi connectivity index (χ3v) is 2.95. The first-order valence-corrected chi connectivity index (χ1v) is 5.70. The quantitative estimate of drug-likeness (QED) is 0.885. The van der Waals surface area contributed by atoms with Gasteiger partial charge in [0.25, 0.3) is 0 Å². The van der Waals surface area contributed by atoms with Gasteiger partial charge in [-0.2, -0.15) is 5.10 Å². The van der Waals surface area contributed by atoms with E-state index in [-0.39, 0.29) is 0 Å². The topological polar surface area (TPSA) is 55.1 Å². The van der Waals surface area contributed by atoms with E-state index in [9.17, 15) is 4.79 Å². The van der Waals surface area contributed by atoms with Crippen LogP contribution in [-0.4, -0.2) is 20.9 Å². The van der Waals surface area contributed by atoms with Crippen LogP contribution in [0.15, 0.2) is 24.4 Å². The molecule has 1 atom stereocenters. The maximum Gasteiger partial charge on any atom is 0.310 e. The Bertz CT molecular complexity index is 558. The molecule has 0 aliphatic carbocycles. The van der Waals surface area contributed by atoms with Gasteiger partial charge in [0.05, 0.1) is 11.4 Å². The van der Waals surface area contributed by atoms with Gasteiger partial charge in [-0.25, -0.2) is 0 Å². The summed E-state index contributed by atoms with van der Waals surface area (Å²) in [6.45, 7) is 5.81. The zero-order valence-corrected chi connectivity index (χ0v) is 10.2. The van der Waals surface area contributed by atoms with Crippen molar-refractivity contribution in [3.63, 3.8) is 0 Å². The number of carbonyl (C=O) groups is 1. The number of hydrogen-bond acceptors (Lipinski definition) is 2. The second kappa shape index (κ2) is 4.20. The van der Waals surface area contributed by atoms with E-state index in [0.29, 0.717) is 6.04 Å². The molecule has 17 heavy (non-hydrogen) atoms. The third-order valence-electron chi connectivity index (χ3n) is 2.95. The standard InChI is InChI=1S/C13H16N2O2/c1-8(2)15-7-11-5-4-10(6-12(11)14-15)9(3)13(16)17/h4-9H,1-3H3,(H,16,17). The van der Waals surface area contributed by atoms with Gasteiger partial charge in [0.2, 0.25) is 0 Å². The highest BCUT2D eigenvalue weighted by Gasteiger charge is 2.14. The summed E-state index contributed by atoms with van der Waals surface area (Å²) in [5.74, 6) is -1.31. The van der Waals surface area contributed by atoms with Gasteiger partial charge in [-0.1, -0.05) is 12.1 Å². The molecule has 4 heteroatoms. The summed E-state index contributed by atoms with van der Waals surface area (Å²) in [5, 5.41) is 14.5. The van der Waals surface area contributed by atoms with E-state index in [1.54, 1.807) is 6.92 Å². The molecule has 90 valence electrons. The predicted octanol–water partition coefficient (Wildman–Crippen LogP) is 2.81. The fourth-order valence-electron chi connectivity index (χ4n) is 1.73. The van der Waals surface area contributed by atoms with E-state index in [4.69, 9.17) is 5.11 Å². The van der Waals surface area contributed by atoms with Gasteiger partial charge in [0.15, 0.2) is 0 Å². The molecule has 1 aromatic heterocycles. The average Bonchev–Trinajstić information content (AvgIpc) is 2.70. The van der Waals surface area contributed by atoms with Crippen molar-refractivity contribution in [1.29, 1.82) is 0 Å². The molecule has 0 saturated heterocycles. The van der Waals surface area contributed by atoms with E-state index in [1.165, 1.54) is 0 Å². The second-order valence-electron chi connectivity index (χ2n) is 4.58. The van der Waals surface area contributed by atoms with Gasteiger partial charge in [-0.05, 0) is 32.4 Å². The van der Waals surface area contributed by atoms with Crippen molar-refractivity contribution in [2.45, 2.75) is 32.7 Å². The molecule has 1 unspecified atom stereocenters. The maximum absolute atomic E-state index is 10.9. The van der Waals surface area contributed by atoms with Crippen molar-refractivity contribution in [3.8, 4) is 0 Å². The Morgan fingerprint density at radius 2 is 2.06 bits per heavy atom. The highest BCUT2D eigenvalue weighted by molar-refractivity contribution is 5.82. The summed E-state index contributed by atoms with van der Waals surface area (Å²) in [5.41, 5.74) is 1.64. The van der Waals surface area contributed by atoms with Crippen molar-refractivity contribution in [3.05, 3.63) is 30.0 Å². The summed E-state index contributed by atoms with van der Waals surface area (Å²) in [6, 6.07) is 5.94. The second-order valence-corrected chi connectivity index (χ2v) is 4.58. The average molecular weight is 232 g/mol. The zero-order valence-electron chi connectivity index (χ0n) is 10.2. The third kappa shape index (κ3) is 2.16. The summed E-state index contributed by atoms with van der Waals surface area (Å²) >= 11 is 0. The van der Waals surface area contributed by atoms with Crippen LogP contribution in [-0.2, 0) is 4.79 Å². The van der Waals surface area contributed by atoms with Crippen LogP contribution >= 0.6 is 0 Å². The summed E-state index contributed by atoms with van der Waals surface area (Å²) < 4.78 is 1.89. The van der Waals surface area contributed by atoms with Crippen molar-refractivity contribution in [1.82, 2.24) is 9.78 Å². The number of aromatic nitrogens is 2. The SMILES string of the molecule is CC(C(=O)O)c1ccc2cn(C(C)C)nc2c1. The van der Waals surface area contributed by atoms with Crippen LogP contribution in [0.3, 0.4) is 0 Å². The van der Waals surface area contributed by atoms with Gasteiger partial charge in [0.1, 0.15) is 0 Å². The van der Waals surface area contributed by atoms with Gasteiger partial charge >= 0.3 is 5.97 Å². The molecule has 0 aliphatic heterocycles. The van der Waals surface area contributed by atoms with Gasteiger partial charge < -0.3 is 5.11 Å². The lowest BCUT2D eigenvalue weighted by atomic mass is 10.0. The minimum absolute atomic E-state index is 0.308. The molecule has 4 nitrogen and oxygen atoms in total. The molecule has 0 spiro atoms. The Kier molecular flexibility index (Phi) is 2.88. The lowest BCUT2D eigenvalue weighted by Crippen LogP contribution is -2.07. The highest BCUT2D eigenvalue weighted by Crippen LogP contribution is 2.22. The normalized spacial score (nSPS) is 13.2. The molecular weight excluding hydrogens is 216 g/mol. The van der Waals surface area contributed by atoms with Crippen molar-refractivity contribution in [2.24, 2.45) is 0 Å². The van der Waals surface area contributed by atoms with E-state index >= 15 is 0 Å². The number of rotatable bonds is 3. The Morgan fingerprint density at radius 3 is 2.65 bits per heavy atom. The monoisotopic (exact) mass is 232 g/mol. The molecular formula is C13H16N2O2. The highest BCUT2D eigenvalue weighted by atomic mass is 16.4. The Balaban J connectivity index is 2.46. The molecule has 1 heterocycles. The zero-order chi connectivity index (χ0) is 12.6. The molecule has 2 aromatic rings. The minimum atomic E-state index is -0.812. The van der Waals surface area contributed by atoms with Crippen LogP contribution in [0.1, 0.15) is 38.3 Å².